The lowest BCUT2D eigenvalue weighted by Crippen LogP contribution is -2.16. The predicted octanol–water partition coefficient (Wildman–Crippen LogP) is 2.47. The first-order valence-electron chi connectivity index (χ1n) is 7.25. The number of nitrogens with one attached hydrogen (secondary N) is 1. The molecule has 0 amide bonds. The monoisotopic (exact) mass is 313 g/mol. The summed E-state index contributed by atoms with van der Waals surface area (Å²) in [5, 5.41) is 3.69. The Labute approximate surface area is 131 Å². The van der Waals surface area contributed by atoms with Crippen LogP contribution in [-0.2, 0) is 0 Å². The lowest BCUT2D eigenvalue weighted by molar-refractivity contribution is 0.421. The van der Waals surface area contributed by atoms with Gasteiger partial charge in [-0.15, -0.1) is 0 Å². The average Bonchev–Trinajstić information content (AvgIpc) is 2.90. The van der Waals surface area contributed by atoms with Gasteiger partial charge in [-0.3, -0.25) is 9.89 Å². The third-order valence-corrected chi connectivity index (χ3v) is 4.71. The Morgan fingerprint density at radius 2 is 2.18 bits per heavy atom. The van der Waals surface area contributed by atoms with Gasteiger partial charge in [-0.25, -0.2) is 19.5 Å². The first-order chi connectivity index (χ1) is 10.8. The van der Waals surface area contributed by atoms with Gasteiger partial charge in [-0.2, -0.15) is 0 Å². The number of hydrogen-bond donors (Lipinski definition) is 1. The smallest absolute Gasteiger partial charge is 0.273 e. The van der Waals surface area contributed by atoms with Gasteiger partial charge in [0.2, 0.25) is 0 Å². The maximum Gasteiger partial charge on any atom is 0.273 e. The maximum absolute atomic E-state index is 12.3. The van der Waals surface area contributed by atoms with E-state index in [1.807, 2.05) is 12.5 Å². The van der Waals surface area contributed by atoms with Crippen LogP contribution in [0.1, 0.15) is 30.7 Å². The number of rotatable bonds is 3. The fourth-order valence-corrected chi connectivity index (χ4v) is 3.09. The molecule has 0 unspecified atom stereocenters. The summed E-state index contributed by atoms with van der Waals surface area (Å²) in [6, 6.07) is 3.30. The highest BCUT2D eigenvalue weighted by Crippen LogP contribution is 2.37. The molecule has 0 aromatic carbocycles. The van der Waals surface area contributed by atoms with Gasteiger partial charge in [0.1, 0.15) is 0 Å². The van der Waals surface area contributed by atoms with Gasteiger partial charge >= 0.3 is 0 Å². The third-order valence-electron chi connectivity index (χ3n) is 4.15. The van der Waals surface area contributed by atoms with E-state index in [0.717, 1.165) is 24.1 Å². The van der Waals surface area contributed by atoms with Gasteiger partial charge in [-0.05, 0) is 31.1 Å². The van der Waals surface area contributed by atoms with Crippen LogP contribution in [-0.4, -0.2) is 30.8 Å². The zero-order valence-corrected chi connectivity index (χ0v) is 12.9. The molecule has 0 atom stereocenters. The van der Waals surface area contributed by atoms with Crippen LogP contribution in [0.25, 0.3) is 17.0 Å². The van der Waals surface area contributed by atoms with E-state index in [-0.39, 0.29) is 5.56 Å². The Bertz CT molecular complexity index is 896. The molecule has 1 N–H and O–H groups in total. The van der Waals surface area contributed by atoms with Crippen LogP contribution in [0.15, 0.2) is 34.5 Å². The number of fused-ring (bicyclic) bond motifs is 1. The standard InChI is InChI=1S/C15H15N5OS/c1-22-15-16-6-5-11(19-15)12-7-13(21)20-14(18-12)10(8-17-20)9-3-2-4-9/h5-9,17H,2-4H2,1H3. The van der Waals surface area contributed by atoms with E-state index in [0.29, 0.717) is 22.5 Å². The minimum absolute atomic E-state index is 0.116. The third kappa shape index (κ3) is 2.12. The van der Waals surface area contributed by atoms with Crippen molar-refractivity contribution in [3.8, 4) is 11.4 Å². The molecule has 0 bridgehead atoms. The van der Waals surface area contributed by atoms with Gasteiger partial charge in [0.25, 0.3) is 5.56 Å². The van der Waals surface area contributed by atoms with Crippen molar-refractivity contribution in [2.24, 2.45) is 0 Å². The van der Waals surface area contributed by atoms with Crippen molar-refractivity contribution in [1.82, 2.24) is 24.6 Å². The number of aromatic nitrogens is 5. The van der Waals surface area contributed by atoms with Crippen LogP contribution in [0.5, 0.6) is 0 Å². The van der Waals surface area contributed by atoms with Gasteiger partial charge in [0.05, 0.1) is 11.4 Å². The Balaban J connectivity index is 1.89. The molecule has 0 spiro atoms. The Morgan fingerprint density at radius 1 is 1.32 bits per heavy atom. The van der Waals surface area contributed by atoms with Crippen molar-refractivity contribution >= 4 is 17.4 Å². The van der Waals surface area contributed by atoms with E-state index >= 15 is 0 Å². The molecule has 1 saturated carbocycles. The van der Waals surface area contributed by atoms with E-state index in [1.54, 1.807) is 12.3 Å². The zero-order valence-electron chi connectivity index (χ0n) is 12.1. The molecular weight excluding hydrogens is 298 g/mol. The lowest BCUT2D eigenvalue weighted by atomic mass is 9.81. The molecule has 7 heteroatoms. The molecule has 0 aliphatic heterocycles. The zero-order chi connectivity index (χ0) is 15.1. The Kier molecular flexibility index (Phi) is 3.22. The van der Waals surface area contributed by atoms with E-state index in [1.165, 1.54) is 28.8 Å². The van der Waals surface area contributed by atoms with Gasteiger partial charge in [-0.1, -0.05) is 18.2 Å². The topological polar surface area (TPSA) is 75.9 Å². The molecule has 22 heavy (non-hydrogen) atoms. The fraction of sp³-hybridized carbons (Fsp3) is 0.333. The second-order valence-corrected chi connectivity index (χ2v) is 6.20. The quantitative estimate of drug-likeness (QED) is 0.594. The number of thioether (sulfide) groups is 1. The molecule has 3 heterocycles. The normalized spacial score (nSPS) is 15.1. The van der Waals surface area contributed by atoms with Crippen molar-refractivity contribution in [3.05, 3.63) is 40.4 Å². The summed E-state index contributed by atoms with van der Waals surface area (Å²) in [6.07, 6.45) is 9.10. The van der Waals surface area contributed by atoms with Gasteiger partial charge < -0.3 is 0 Å². The Hall–Kier alpha value is -2.15. The van der Waals surface area contributed by atoms with Crippen molar-refractivity contribution in [3.63, 3.8) is 0 Å². The van der Waals surface area contributed by atoms with Gasteiger partial charge in [0, 0.05) is 24.0 Å². The van der Waals surface area contributed by atoms with Crippen LogP contribution < -0.4 is 5.56 Å². The molecule has 0 saturated heterocycles. The summed E-state index contributed by atoms with van der Waals surface area (Å²) in [5.41, 5.74) is 3.01. The van der Waals surface area contributed by atoms with Crippen LogP contribution in [0.2, 0.25) is 0 Å². The molecular formula is C15H15N5OS. The van der Waals surface area contributed by atoms with Crippen LogP contribution in [0.3, 0.4) is 0 Å². The molecule has 6 nitrogen and oxygen atoms in total. The number of aromatic amines is 1. The molecule has 3 aromatic rings. The van der Waals surface area contributed by atoms with Crippen LogP contribution >= 0.6 is 11.8 Å². The molecule has 0 radical (unpaired) electrons. The first kappa shape index (κ1) is 13.5. The lowest BCUT2D eigenvalue weighted by Gasteiger charge is -2.24. The number of hydrogen-bond acceptors (Lipinski definition) is 5. The summed E-state index contributed by atoms with van der Waals surface area (Å²) >= 11 is 1.47. The minimum atomic E-state index is -0.116. The number of nitrogens with zero attached hydrogens (tertiary/aromatic N) is 4. The largest absolute Gasteiger partial charge is 0.297 e. The van der Waals surface area contributed by atoms with Crippen molar-refractivity contribution in [2.45, 2.75) is 30.3 Å². The summed E-state index contributed by atoms with van der Waals surface area (Å²) in [7, 11) is 0. The van der Waals surface area contributed by atoms with E-state index in [2.05, 4.69) is 20.1 Å². The summed E-state index contributed by atoms with van der Waals surface area (Å²) in [6.45, 7) is 0. The van der Waals surface area contributed by atoms with Gasteiger partial charge in [0.15, 0.2) is 10.8 Å². The van der Waals surface area contributed by atoms with E-state index in [4.69, 9.17) is 0 Å². The Morgan fingerprint density at radius 3 is 2.91 bits per heavy atom. The minimum Gasteiger partial charge on any atom is -0.297 e. The second-order valence-electron chi connectivity index (χ2n) is 5.42. The summed E-state index contributed by atoms with van der Waals surface area (Å²) in [4.78, 5) is 25.6. The van der Waals surface area contributed by atoms with E-state index < -0.39 is 0 Å². The van der Waals surface area contributed by atoms with Crippen LogP contribution in [0, 0.1) is 0 Å². The molecule has 1 fully saturated rings. The molecule has 1 aliphatic rings. The highest BCUT2D eigenvalue weighted by Gasteiger charge is 2.24. The molecule has 112 valence electrons. The highest BCUT2D eigenvalue weighted by atomic mass is 32.2. The maximum atomic E-state index is 12.3. The second kappa shape index (κ2) is 5.24. The molecule has 1 aliphatic carbocycles. The summed E-state index contributed by atoms with van der Waals surface area (Å²) < 4.78 is 1.51. The SMILES string of the molecule is CSc1nccc(-c2cc(=O)n3[nH]cc(C4CCC4)c3n2)n1. The molecule has 4 rings (SSSR count). The summed E-state index contributed by atoms with van der Waals surface area (Å²) in [5.74, 6) is 0.510. The average molecular weight is 313 g/mol. The van der Waals surface area contributed by atoms with Crippen molar-refractivity contribution in [2.75, 3.05) is 6.26 Å². The number of H-pyrrole nitrogens is 1. The first-order valence-corrected chi connectivity index (χ1v) is 8.47. The van der Waals surface area contributed by atoms with E-state index in [9.17, 15) is 4.79 Å². The van der Waals surface area contributed by atoms with Crippen LogP contribution in [0.4, 0.5) is 0 Å². The highest BCUT2D eigenvalue weighted by molar-refractivity contribution is 7.98. The van der Waals surface area contributed by atoms with Crippen molar-refractivity contribution in [1.29, 1.82) is 0 Å². The van der Waals surface area contributed by atoms with Crippen molar-refractivity contribution < 1.29 is 0 Å². The predicted molar refractivity (Wildman–Crippen MR) is 85.2 cm³/mol. The fourth-order valence-electron chi connectivity index (χ4n) is 2.73. The molecule has 3 aromatic heterocycles.